The molecule has 0 spiro atoms. The molecule has 0 bridgehead atoms. The first-order chi connectivity index (χ1) is 9.86. The van der Waals surface area contributed by atoms with Crippen LogP contribution in [0.5, 0.6) is 11.5 Å². The molecule has 20 heavy (non-hydrogen) atoms. The number of nitrogens with zero attached hydrogens (tertiary/aromatic N) is 2. The fraction of sp³-hybridized carbons (Fsp3) is 0.200. The Morgan fingerprint density at radius 2 is 2.00 bits per heavy atom. The molecule has 0 aliphatic carbocycles. The van der Waals surface area contributed by atoms with E-state index in [0.29, 0.717) is 18.8 Å². The first-order valence-corrected chi connectivity index (χ1v) is 7.10. The van der Waals surface area contributed by atoms with Crippen LogP contribution in [0.25, 0.3) is 0 Å². The lowest BCUT2D eigenvalue weighted by molar-refractivity contribution is 0.297. The number of pyridine rings is 1. The standard InChI is InChI=1S/C15H12N2O2S/c16-9-11-4-5-17-10-15(11)20-12-2-3-13-14(8-12)19-7-1-6-18-13/h2-5,8,10H,1,6-7H2. The predicted octanol–water partition coefficient (Wildman–Crippen LogP) is 3.27. The zero-order valence-corrected chi connectivity index (χ0v) is 11.5. The van der Waals surface area contributed by atoms with Crippen molar-refractivity contribution in [3.63, 3.8) is 0 Å². The van der Waals surface area contributed by atoms with Crippen molar-refractivity contribution < 1.29 is 9.47 Å². The topological polar surface area (TPSA) is 55.1 Å². The molecule has 4 nitrogen and oxygen atoms in total. The number of hydrogen-bond donors (Lipinski definition) is 0. The second kappa shape index (κ2) is 5.85. The van der Waals surface area contributed by atoms with Crippen molar-refractivity contribution in [2.75, 3.05) is 13.2 Å². The maximum atomic E-state index is 9.09. The van der Waals surface area contributed by atoms with Crippen LogP contribution in [-0.2, 0) is 0 Å². The van der Waals surface area contributed by atoms with Gasteiger partial charge in [-0.1, -0.05) is 11.8 Å². The minimum Gasteiger partial charge on any atom is -0.490 e. The van der Waals surface area contributed by atoms with E-state index in [2.05, 4.69) is 11.1 Å². The third-order valence-corrected chi connectivity index (χ3v) is 3.89. The van der Waals surface area contributed by atoms with E-state index in [1.807, 2.05) is 18.2 Å². The van der Waals surface area contributed by atoms with Gasteiger partial charge in [-0.25, -0.2) is 0 Å². The molecule has 1 aromatic carbocycles. The molecule has 0 radical (unpaired) electrons. The smallest absolute Gasteiger partial charge is 0.162 e. The number of fused-ring (bicyclic) bond motifs is 1. The van der Waals surface area contributed by atoms with Gasteiger partial charge in [0.1, 0.15) is 6.07 Å². The summed E-state index contributed by atoms with van der Waals surface area (Å²) in [7, 11) is 0. The van der Waals surface area contributed by atoms with Crippen molar-refractivity contribution in [3.8, 4) is 17.6 Å². The first kappa shape index (κ1) is 12.8. The molecule has 1 aliphatic rings. The van der Waals surface area contributed by atoms with Gasteiger partial charge >= 0.3 is 0 Å². The molecule has 0 fully saturated rings. The summed E-state index contributed by atoms with van der Waals surface area (Å²) in [5.74, 6) is 1.54. The maximum absolute atomic E-state index is 9.09. The minimum atomic E-state index is 0.622. The quantitative estimate of drug-likeness (QED) is 0.847. The summed E-state index contributed by atoms with van der Waals surface area (Å²) < 4.78 is 11.3. The summed E-state index contributed by atoms with van der Waals surface area (Å²) >= 11 is 1.50. The lowest BCUT2D eigenvalue weighted by Crippen LogP contribution is -1.97. The molecule has 0 atom stereocenters. The average molecular weight is 284 g/mol. The van der Waals surface area contributed by atoms with Crippen molar-refractivity contribution in [2.45, 2.75) is 16.2 Å². The highest BCUT2D eigenvalue weighted by Crippen LogP contribution is 2.37. The van der Waals surface area contributed by atoms with Gasteiger partial charge in [0.15, 0.2) is 11.5 Å². The number of aromatic nitrogens is 1. The Kier molecular flexibility index (Phi) is 3.75. The predicted molar refractivity (Wildman–Crippen MR) is 75.1 cm³/mol. The molecule has 0 amide bonds. The Bertz CT molecular complexity index is 667. The highest BCUT2D eigenvalue weighted by molar-refractivity contribution is 7.99. The first-order valence-electron chi connectivity index (χ1n) is 6.28. The molecule has 0 saturated heterocycles. The van der Waals surface area contributed by atoms with E-state index in [9.17, 15) is 0 Å². The second-order valence-corrected chi connectivity index (χ2v) is 5.36. The van der Waals surface area contributed by atoms with E-state index in [1.54, 1.807) is 18.5 Å². The molecular weight excluding hydrogens is 272 g/mol. The van der Waals surface area contributed by atoms with Crippen molar-refractivity contribution in [1.29, 1.82) is 5.26 Å². The van der Waals surface area contributed by atoms with Crippen LogP contribution in [0.1, 0.15) is 12.0 Å². The highest BCUT2D eigenvalue weighted by Gasteiger charge is 2.12. The Morgan fingerprint density at radius 1 is 1.15 bits per heavy atom. The molecule has 2 heterocycles. The van der Waals surface area contributed by atoms with Gasteiger partial charge in [-0.2, -0.15) is 5.26 Å². The summed E-state index contributed by atoms with van der Waals surface area (Å²) in [6.07, 6.45) is 4.21. The molecule has 5 heteroatoms. The molecular formula is C15H12N2O2S. The largest absolute Gasteiger partial charge is 0.490 e. The molecule has 0 saturated carbocycles. The van der Waals surface area contributed by atoms with E-state index in [1.165, 1.54) is 11.8 Å². The average Bonchev–Trinajstić information content (AvgIpc) is 2.72. The summed E-state index contributed by atoms with van der Waals surface area (Å²) in [6.45, 7) is 1.35. The van der Waals surface area contributed by atoms with Crippen molar-refractivity contribution >= 4 is 11.8 Å². The molecule has 0 unspecified atom stereocenters. The SMILES string of the molecule is N#Cc1ccncc1Sc1ccc2c(c1)OCCCO2. The van der Waals surface area contributed by atoms with Crippen LogP contribution in [0.3, 0.4) is 0 Å². The second-order valence-electron chi connectivity index (χ2n) is 4.24. The number of rotatable bonds is 2. The van der Waals surface area contributed by atoms with Crippen LogP contribution in [0.2, 0.25) is 0 Å². The third-order valence-electron chi connectivity index (χ3n) is 2.85. The van der Waals surface area contributed by atoms with Gasteiger partial charge in [0.05, 0.1) is 18.8 Å². The highest BCUT2D eigenvalue weighted by atomic mass is 32.2. The molecule has 1 aliphatic heterocycles. The normalized spacial score (nSPS) is 13.3. The number of nitriles is 1. The number of benzene rings is 1. The van der Waals surface area contributed by atoms with E-state index in [4.69, 9.17) is 14.7 Å². The zero-order chi connectivity index (χ0) is 13.8. The van der Waals surface area contributed by atoms with Crippen molar-refractivity contribution in [2.24, 2.45) is 0 Å². The van der Waals surface area contributed by atoms with Gasteiger partial charge in [-0.15, -0.1) is 0 Å². The summed E-state index contributed by atoms with van der Waals surface area (Å²) in [5.41, 5.74) is 0.622. The Morgan fingerprint density at radius 3 is 2.85 bits per heavy atom. The molecule has 1 aromatic heterocycles. The maximum Gasteiger partial charge on any atom is 0.162 e. The van der Waals surface area contributed by atoms with E-state index >= 15 is 0 Å². The lowest BCUT2D eigenvalue weighted by Gasteiger charge is -2.09. The van der Waals surface area contributed by atoms with Gasteiger partial charge in [0.2, 0.25) is 0 Å². The van der Waals surface area contributed by atoms with E-state index in [-0.39, 0.29) is 0 Å². The van der Waals surface area contributed by atoms with Crippen LogP contribution in [-0.4, -0.2) is 18.2 Å². The Labute approximate surface area is 121 Å². The fourth-order valence-corrected chi connectivity index (χ4v) is 2.78. The van der Waals surface area contributed by atoms with E-state index in [0.717, 1.165) is 27.7 Å². The lowest BCUT2D eigenvalue weighted by atomic mass is 10.3. The molecule has 0 N–H and O–H groups in total. The summed E-state index contributed by atoms with van der Waals surface area (Å²) in [5, 5.41) is 9.09. The summed E-state index contributed by atoms with van der Waals surface area (Å²) in [6, 6.07) is 9.70. The molecule has 2 aromatic rings. The van der Waals surface area contributed by atoms with Crippen LogP contribution >= 0.6 is 11.8 Å². The number of hydrogen-bond acceptors (Lipinski definition) is 5. The number of ether oxygens (including phenoxy) is 2. The van der Waals surface area contributed by atoms with Crippen molar-refractivity contribution in [3.05, 3.63) is 42.2 Å². The van der Waals surface area contributed by atoms with Crippen LogP contribution in [0, 0.1) is 11.3 Å². The van der Waals surface area contributed by atoms with Crippen molar-refractivity contribution in [1.82, 2.24) is 4.98 Å². The molecule has 3 rings (SSSR count). The van der Waals surface area contributed by atoms with Gasteiger partial charge in [0.25, 0.3) is 0 Å². The van der Waals surface area contributed by atoms with E-state index < -0.39 is 0 Å². The van der Waals surface area contributed by atoms with Crippen LogP contribution in [0.15, 0.2) is 46.5 Å². The Hall–Kier alpha value is -2.19. The minimum absolute atomic E-state index is 0.622. The van der Waals surface area contributed by atoms with Gasteiger partial charge in [-0.3, -0.25) is 4.98 Å². The molecule has 100 valence electrons. The monoisotopic (exact) mass is 284 g/mol. The zero-order valence-electron chi connectivity index (χ0n) is 10.7. The third kappa shape index (κ3) is 2.70. The van der Waals surface area contributed by atoms with Crippen LogP contribution in [0.4, 0.5) is 0 Å². The Balaban J connectivity index is 1.88. The fourth-order valence-electron chi connectivity index (χ4n) is 1.89. The van der Waals surface area contributed by atoms with Gasteiger partial charge in [0, 0.05) is 28.6 Å². The summed E-state index contributed by atoms with van der Waals surface area (Å²) in [4.78, 5) is 5.90. The van der Waals surface area contributed by atoms with Gasteiger partial charge in [-0.05, 0) is 24.3 Å². The van der Waals surface area contributed by atoms with Gasteiger partial charge < -0.3 is 9.47 Å². The van der Waals surface area contributed by atoms with Crippen LogP contribution < -0.4 is 9.47 Å².